The number of amides is 2. The average molecular weight is 893 g/mol. The second-order valence-corrected chi connectivity index (χ2v) is 15.5. The van der Waals surface area contributed by atoms with Gasteiger partial charge in [0.2, 0.25) is 11.5 Å². The molecule has 6 aromatic carbocycles. The van der Waals surface area contributed by atoms with Gasteiger partial charge < -0.3 is 49.3 Å². The molecule has 21 nitrogen and oxygen atoms in total. The van der Waals surface area contributed by atoms with Gasteiger partial charge in [-0.3, -0.25) is 9.11 Å². The number of benzene rings is 6. The van der Waals surface area contributed by atoms with E-state index in [4.69, 9.17) is 28.4 Å². The summed E-state index contributed by atoms with van der Waals surface area (Å²) < 4.78 is 102. The highest BCUT2D eigenvalue weighted by Gasteiger charge is 2.25. The van der Waals surface area contributed by atoms with Gasteiger partial charge in [-0.25, -0.2) is 4.79 Å². The Morgan fingerprint density at radius 2 is 0.839 bits per heavy atom. The number of anilines is 2. The summed E-state index contributed by atoms with van der Waals surface area (Å²) in [5.74, 6) is 0.0869. The van der Waals surface area contributed by atoms with Crippen LogP contribution in [0.4, 0.5) is 38.9 Å². The molecule has 6 N–H and O–H groups in total. The lowest BCUT2D eigenvalue weighted by molar-refractivity contribution is 0.262. The van der Waals surface area contributed by atoms with Crippen molar-refractivity contribution in [1.82, 2.24) is 0 Å². The highest BCUT2D eigenvalue weighted by atomic mass is 32.2. The first kappa shape index (κ1) is 44.1. The molecule has 0 spiro atoms. The van der Waals surface area contributed by atoms with Crippen molar-refractivity contribution in [2.75, 3.05) is 53.3 Å². The van der Waals surface area contributed by atoms with Crippen LogP contribution in [0.15, 0.2) is 103 Å². The molecule has 0 saturated heterocycles. The van der Waals surface area contributed by atoms with Gasteiger partial charge >= 0.3 is 6.03 Å². The first-order chi connectivity index (χ1) is 29.4. The van der Waals surface area contributed by atoms with Crippen molar-refractivity contribution in [3.8, 4) is 46.0 Å². The normalized spacial score (nSPS) is 11.9. The number of azo groups is 2. The monoisotopic (exact) mass is 892 g/mol. The van der Waals surface area contributed by atoms with E-state index < -0.39 is 58.9 Å². The quantitative estimate of drug-likeness (QED) is 0.0442. The van der Waals surface area contributed by atoms with Crippen LogP contribution in [0, 0.1) is 0 Å². The Labute approximate surface area is 352 Å². The highest BCUT2D eigenvalue weighted by molar-refractivity contribution is 7.86. The Kier molecular flexibility index (Phi) is 12.5. The molecular formula is C39H36N6O15S2. The Morgan fingerprint density at radius 1 is 0.500 bits per heavy atom. The van der Waals surface area contributed by atoms with Gasteiger partial charge in [0.25, 0.3) is 20.2 Å². The average Bonchev–Trinajstić information content (AvgIpc) is 3.23. The Bertz CT molecular complexity index is 2800. The van der Waals surface area contributed by atoms with E-state index in [1.54, 1.807) is 0 Å². The van der Waals surface area contributed by atoms with Gasteiger partial charge in [-0.05, 0) is 59.3 Å². The van der Waals surface area contributed by atoms with E-state index in [2.05, 4.69) is 31.1 Å². The van der Waals surface area contributed by atoms with Crippen molar-refractivity contribution < 1.29 is 69.4 Å². The van der Waals surface area contributed by atoms with Gasteiger partial charge in [0.05, 0.1) is 54.0 Å². The first-order valence-electron chi connectivity index (χ1n) is 17.5. The highest BCUT2D eigenvalue weighted by Crippen LogP contribution is 2.46. The summed E-state index contributed by atoms with van der Waals surface area (Å²) in [7, 11) is -1.69. The fourth-order valence-electron chi connectivity index (χ4n) is 6.20. The number of ether oxygens (including phenoxy) is 6. The molecule has 6 rings (SSSR count). The zero-order chi connectivity index (χ0) is 45.1. The summed E-state index contributed by atoms with van der Waals surface area (Å²) in [6.07, 6.45) is 0. The van der Waals surface area contributed by atoms with Gasteiger partial charge in [-0.2, -0.15) is 27.1 Å². The van der Waals surface area contributed by atoms with Crippen molar-refractivity contribution in [1.29, 1.82) is 0 Å². The number of fused-ring (bicyclic) bond motifs is 2. The molecule has 0 unspecified atom stereocenters. The van der Waals surface area contributed by atoms with Gasteiger partial charge in [0.15, 0.2) is 34.5 Å². The van der Waals surface area contributed by atoms with Crippen LogP contribution >= 0.6 is 0 Å². The molecule has 0 atom stereocenters. The van der Waals surface area contributed by atoms with E-state index >= 15 is 0 Å². The molecule has 0 fully saturated rings. The summed E-state index contributed by atoms with van der Waals surface area (Å²) in [6, 6.07) is 15.0. The van der Waals surface area contributed by atoms with Crippen LogP contribution in [0.5, 0.6) is 46.0 Å². The van der Waals surface area contributed by atoms with Crippen molar-refractivity contribution in [2.24, 2.45) is 20.5 Å². The van der Waals surface area contributed by atoms with E-state index in [0.717, 1.165) is 12.1 Å². The third kappa shape index (κ3) is 8.99. The van der Waals surface area contributed by atoms with Gasteiger partial charge in [-0.15, -0.1) is 10.2 Å². The van der Waals surface area contributed by atoms with E-state index in [0.29, 0.717) is 0 Å². The number of nitrogens with one attached hydrogen (secondary N) is 2. The summed E-state index contributed by atoms with van der Waals surface area (Å²) in [5, 5.41) is 43.6. The minimum atomic E-state index is -5.00. The minimum Gasteiger partial charge on any atom is -0.505 e. The van der Waals surface area contributed by atoms with Crippen LogP contribution in [0.1, 0.15) is 0 Å². The number of aromatic hydroxyl groups is 2. The number of urea groups is 1. The molecule has 324 valence electrons. The first-order valence-corrected chi connectivity index (χ1v) is 20.4. The van der Waals surface area contributed by atoms with Crippen LogP contribution in [-0.2, 0) is 20.2 Å². The molecule has 2 amide bonds. The van der Waals surface area contributed by atoms with Crippen LogP contribution in [0.25, 0.3) is 21.5 Å². The van der Waals surface area contributed by atoms with Crippen LogP contribution < -0.4 is 39.1 Å². The summed E-state index contributed by atoms with van der Waals surface area (Å²) in [6.45, 7) is 0. The van der Waals surface area contributed by atoms with E-state index in [1.807, 2.05) is 0 Å². The minimum absolute atomic E-state index is 0.0665. The molecule has 62 heavy (non-hydrogen) atoms. The number of phenols is 2. The Balaban J connectivity index is 1.28. The third-order valence-electron chi connectivity index (χ3n) is 9.00. The maximum absolute atomic E-state index is 13.2. The molecule has 0 aliphatic heterocycles. The summed E-state index contributed by atoms with van der Waals surface area (Å²) >= 11 is 0. The lowest BCUT2D eigenvalue weighted by Gasteiger charge is -2.13. The smallest absolute Gasteiger partial charge is 0.323 e. The predicted octanol–water partition coefficient (Wildman–Crippen LogP) is 8.42. The fraction of sp³-hybridized carbons (Fsp3) is 0.154. The number of carbonyl (C=O) groups excluding carboxylic acids is 1. The largest absolute Gasteiger partial charge is 0.505 e. The molecule has 0 radical (unpaired) electrons. The number of rotatable bonds is 14. The molecule has 0 aliphatic rings. The molecular weight excluding hydrogens is 857 g/mol. The molecule has 0 aromatic heterocycles. The Morgan fingerprint density at radius 3 is 1.13 bits per heavy atom. The van der Waals surface area contributed by atoms with Crippen molar-refractivity contribution >= 4 is 81.9 Å². The summed E-state index contributed by atoms with van der Waals surface area (Å²) in [5.41, 5.74) is -0.712. The molecule has 0 aliphatic carbocycles. The molecule has 0 bridgehead atoms. The van der Waals surface area contributed by atoms with Crippen molar-refractivity contribution in [2.45, 2.75) is 9.79 Å². The van der Waals surface area contributed by atoms with Crippen molar-refractivity contribution in [3.05, 3.63) is 72.8 Å². The summed E-state index contributed by atoms with van der Waals surface area (Å²) in [4.78, 5) is 11.6. The van der Waals surface area contributed by atoms with Gasteiger partial charge in [0, 0.05) is 46.4 Å². The number of hydrogen-bond donors (Lipinski definition) is 6. The Hall–Kier alpha value is -7.47. The van der Waals surface area contributed by atoms with E-state index in [1.165, 1.54) is 103 Å². The van der Waals surface area contributed by atoms with E-state index in [9.17, 15) is 40.9 Å². The molecule has 6 aromatic rings. The number of carbonyl (C=O) groups is 1. The maximum Gasteiger partial charge on any atom is 0.323 e. The number of methoxy groups -OCH3 is 6. The molecule has 0 saturated carbocycles. The zero-order valence-electron chi connectivity index (χ0n) is 33.3. The van der Waals surface area contributed by atoms with Crippen LogP contribution in [0.2, 0.25) is 0 Å². The maximum atomic E-state index is 13.2. The van der Waals surface area contributed by atoms with Gasteiger partial charge in [-0.1, -0.05) is 0 Å². The predicted molar refractivity (Wildman–Crippen MR) is 224 cm³/mol. The number of phenolic OH excluding ortho intramolecular Hbond substituents is 2. The molecule has 0 heterocycles. The molecule has 23 heteroatoms. The third-order valence-corrected chi connectivity index (χ3v) is 10.7. The van der Waals surface area contributed by atoms with Gasteiger partial charge in [0.1, 0.15) is 21.2 Å². The van der Waals surface area contributed by atoms with Crippen LogP contribution in [-0.4, -0.2) is 84.8 Å². The lowest BCUT2D eigenvalue weighted by atomic mass is 10.1. The second-order valence-electron chi connectivity index (χ2n) is 12.7. The zero-order valence-corrected chi connectivity index (χ0v) is 34.9. The number of nitrogens with zero attached hydrogens (tertiary/aromatic N) is 4. The fourth-order valence-corrected chi connectivity index (χ4v) is 7.52. The standard InChI is InChI=1S/C39H36N6O15S2/c1-55-27-15-23(16-28(56-2)37(27)59-5)42-44-33-31(61(49,50)51)13-19-11-21(7-9-25(19)35(33)46)40-39(48)41-22-8-10-26-20(12-22)14-32(62(52,53)54)34(36(26)47)45-43-24-17-29(57-3)38(60-6)30(18-24)58-4/h7-18,46-47H,1-6H3,(H2,40,41,48)(H,49,50,51)(H,52,53,54). The van der Waals surface area contributed by atoms with Crippen LogP contribution in [0.3, 0.4) is 0 Å². The second kappa shape index (κ2) is 17.6. The van der Waals surface area contributed by atoms with E-state index in [-0.39, 0.29) is 78.8 Å². The van der Waals surface area contributed by atoms with Crippen molar-refractivity contribution in [3.63, 3.8) is 0 Å². The topological polar surface area (TPSA) is 295 Å². The number of hydrogen-bond acceptors (Lipinski definition) is 17. The SMILES string of the molecule is COc1cc(N=Nc2c(S(=O)(=O)O)cc3cc(NC(=O)Nc4ccc5c(O)c(N=Nc6cc(OC)c(OC)c(OC)c6)c(S(=O)(=O)O)cc5c4)ccc3c2O)cc(OC)c1OC. The lowest BCUT2D eigenvalue weighted by Crippen LogP contribution is -2.19.